The van der Waals surface area contributed by atoms with E-state index in [4.69, 9.17) is 10.2 Å². The maximum Gasteiger partial charge on any atom is 0.506 e. The number of ether oxygens (including phenoxy) is 1. The van der Waals surface area contributed by atoms with Crippen LogP contribution in [-0.2, 0) is 14.3 Å². The Morgan fingerprint density at radius 3 is 2.00 bits per heavy atom. The van der Waals surface area contributed by atoms with Crippen LogP contribution < -0.4 is 0 Å². The van der Waals surface area contributed by atoms with Crippen LogP contribution in [0.5, 0.6) is 0 Å². The van der Waals surface area contributed by atoms with Gasteiger partial charge in [0.1, 0.15) is 0 Å². The zero-order valence-electron chi connectivity index (χ0n) is 4.73. The Morgan fingerprint density at radius 2 is 1.70 bits per heavy atom. The molecule has 0 spiro atoms. The van der Waals surface area contributed by atoms with E-state index in [1.165, 1.54) is 0 Å². The molecule has 0 unspecified atom stereocenters. The topological polar surface area (TPSA) is 101 Å². The lowest BCUT2D eigenvalue weighted by atomic mass is 10.4. The van der Waals surface area contributed by atoms with Gasteiger partial charge in [-0.25, -0.2) is 9.59 Å². The maximum absolute atomic E-state index is 10.1. The molecule has 0 aliphatic carbocycles. The summed E-state index contributed by atoms with van der Waals surface area (Å²) in [7, 11) is 0. The third-order valence-corrected chi connectivity index (χ3v) is 0.565. The van der Waals surface area contributed by atoms with Crippen molar-refractivity contribution in [3.8, 4) is 0 Å². The Hall–Kier alpha value is -1.59. The number of hydrogen-bond acceptors (Lipinski definition) is 4. The maximum atomic E-state index is 10.1. The Balaban J connectivity index is 3.60. The van der Waals surface area contributed by atoms with Crippen molar-refractivity contribution >= 4 is 17.9 Å². The molecule has 0 saturated heterocycles. The lowest BCUT2D eigenvalue weighted by Gasteiger charge is -1.93. The molecule has 0 rings (SSSR count). The number of ketones is 1. The first-order valence-electron chi connectivity index (χ1n) is 2.16. The first kappa shape index (κ1) is 8.41. The second-order valence-electron chi connectivity index (χ2n) is 1.28. The molecule has 10 heavy (non-hydrogen) atoms. The van der Waals surface area contributed by atoms with E-state index < -0.39 is 24.5 Å². The Morgan fingerprint density at radius 1 is 1.20 bits per heavy atom. The average molecular weight is 148 g/mol. The van der Waals surface area contributed by atoms with E-state index in [1.807, 2.05) is 0 Å². The van der Waals surface area contributed by atoms with Gasteiger partial charge in [0.2, 0.25) is 0 Å². The van der Waals surface area contributed by atoms with Crippen molar-refractivity contribution in [1.29, 1.82) is 0 Å². The van der Waals surface area contributed by atoms with Crippen LogP contribution in [0.15, 0.2) is 0 Å². The van der Waals surface area contributed by atoms with E-state index in [0.29, 0.717) is 0 Å². The van der Waals surface area contributed by atoms with Crippen molar-refractivity contribution < 1.29 is 29.3 Å². The minimum Gasteiger partial charge on any atom is -0.475 e. The van der Waals surface area contributed by atoms with Crippen LogP contribution in [0.25, 0.3) is 0 Å². The molecule has 6 nitrogen and oxygen atoms in total. The quantitative estimate of drug-likeness (QED) is 0.406. The molecule has 56 valence electrons. The highest BCUT2D eigenvalue weighted by Gasteiger charge is 2.12. The van der Waals surface area contributed by atoms with Crippen LogP contribution in [-0.4, -0.2) is 34.7 Å². The number of Topliss-reactive ketones (excluding diaryl/α,β-unsaturated/α-hetero) is 1. The van der Waals surface area contributed by atoms with Gasteiger partial charge in [0.15, 0.2) is 6.61 Å². The van der Waals surface area contributed by atoms with Gasteiger partial charge in [0.25, 0.3) is 5.78 Å². The molecule has 0 bridgehead atoms. The second kappa shape index (κ2) is 3.44. The summed E-state index contributed by atoms with van der Waals surface area (Å²) in [6.45, 7) is -0.940. The summed E-state index contributed by atoms with van der Waals surface area (Å²) in [6.07, 6.45) is -1.67. The lowest BCUT2D eigenvalue weighted by molar-refractivity contribution is -0.150. The standard InChI is InChI=1S/C4H4O6/c5-2(3(6)7)1-10-4(8)9/h1H2,(H,6,7)(H,8,9). The van der Waals surface area contributed by atoms with Gasteiger partial charge in [-0.05, 0) is 0 Å². The molecule has 0 heterocycles. The summed E-state index contributed by atoms with van der Waals surface area (Å²) >= 11 is 0. The highest BCUT2D eigenvalue weighted by atomic mass is 16.7. The zero-order valence-corrected chi connectivity index (χ0v) is 4.73. The highest BCUT2D eigenvalue weighted by molar-refractivity contribution is 6.33. The van der Waals surface area contributed by atoms with E-state index in [2.05, 4.69) is 4.74 Å². The summed E-state index contributed by atoms with van der Waals surface area (Å²) in [5.41, 5.74) is 0. The number of rotatable bonds is 3. The highest BCUT2D eigenvalue weighted by Crippen LogP contribution is 1.78. The third-order valence-electron chi connectivity index (χ3n) is 0.565. The largest absolute Gasteiger partial charge is 0.506 e. The van der Waals surface area contributed by atoms with Crippen LogP contribution in [0.1, 0.15) is 0 Å². The first-order chi connectivity index (χ1) is 4.54. The van der Waals surface area contributed by atoms with Gasteiger partial charge in [-0.2, -0.15) is 0 Å². The van der Waals surface area contributed by atoms with Crippen LogP contribution in [0.3, 0.4) is 0 Å². The van der Waals surface area contributed by atoms with Crippen LogP contribution in [0, 0.1) is 0 Å². The molecule has 2 N–H and O–H groups in total. The van der Waals surface area contributed by atoms with Gasteiger partial charge in [-0.3, -0.25) is 4.79 Å². The number of hydrogen-bond donors (Lipinski definition) is 2. The van der Waals surface area contributed by atoms with Gasteiger partial charge in [-0.15, -0.1) is 0 Å². The predicted octanol–water partition coefficient (Wildman–Crippen LogP) is -0.665. The molecule has 0 aromatic rings. The number of carboxylic acid groups (broad SMARTS) is 2. The van der Waals surface area contributed by atoms with Gasteiger partial charge in [0.05, 0.1) is 0 Å². The van der Waals surface area contributed by atoms with E-state index in [1.54, 1.807) is 0 Å². The molecular weight excluding hydrogens is 144 g/mol. The number of aliphatic carboxylic acids is 1. The van der Waals surface area contributed by atoms with Crippen molar-refractivity contribution in [1.82, 2.24) is 0 Å². The predicted molar refractivity (Wildman–Crippen MR) is 26.6 cm³/mol. The molecular formula is C4H4O6. The van der Waals surface area contributed by atoms with E-state index in [0.717, 1.165) is 0 Å². The van der Waals surface area contributed by atoms with Crippen molar-refractivity contribution in [3.05, 3.63) is 0 Å². The van der Waals surface area contributed by atoms with Gasteiger partial charge >= 0.3 is 12.1 Å². The molecule has 0 saturated carbocycles. The second-order valence-corrected chi connectivity index (χ2v) is 1.28. The van der Waals surface area contributed by atoms with Gasteiger partial charge < -0.3 is 14.9 Å². The summed E-state index contributed by atoms with van der Waals surface area (Å²) in [6, 6.07) is 0. The molecule has 0 fully saturated rings. The monoisotopic (exact) mass is 148 g/mol. The molecule has 0 radical (unpaired) electrons. The Kier molecular flexibility index (Phi) is 2.89. The van der Waals surface area contributed by atoms with Crippen LogP contribution >= 0.6 is 0 Å². The number of carbonyl (C=O) groups excluding carboxylic acids is 1. The van der Waals surface area contributed by atoms with Crippen molar-refractivity contribution in [2.45, 2.75) is 0 Å². The average Bonchev–Trinajstić information content (AvgIpc) is 1.82. The Bertz CT molecular complexity index is 171. The van der Waals surface area contributed by atoms with E-state index in [9.17, 15) is 14.4 Å². The zero-order chi connectivity index (χ0) is 8.15. The smallest absolute Gasteiger partial charge is 0.475 e. The molecule has 0 atom stereocenters. The number of carboxylic acids is 1. The molecule has 0 aliphatic rings. The number of carbonyl (C=O) groups is 3. The normalized spacial score (nSPS) is 8.40. The van der Waals surface area contributed by atoms with Crippen LogP contribution in [0.4, 0.5) is 4.79 Å². The molecule has 6 heteroatoms. The summed E-state index contributed by atoms with van der Waals surface area (Å²) in [5.74, 6) is -3.00. The van der Waals surface area contributed by atoms with E-state index >= 15 is 0 Å². The molecule has 0 aliphatic heterocycles. The molecule has 0 aromatic heterocycles. The van der Waals surface area contributed by atoms with Crippen molar-refractivity contribution in [3.63, 3.8) is 0 Å². The van der Waals surface area contributed by atoms with Crippen molar-refractivity contribution in [2.24, 2.45) is 0 Å². The summed E-state index contributed by atoms with van der Waals surface area (Å²) < 4.78 is 3.65. The summed E-state index contributed by atoms with van der Waals surface area (Å²) in [4.78, 5) is 29.3. The lowest BCUT2D eigenvalue weighted by Crippen LogP contribution is -2.20. The fourth-order valence-electron chi connectivity index (χ4n) is 0.189. The minimum atomic E-state index is -1.71. The fraction of sp³-hybridized carbons (Fsp3) is 0.250. The minimum absolute atomic E-state index is 0.940. The summed E-state index contributed by atoms with van der Waals surface area (Å²) in [5, 5.41) is 15.6. The van der Waals surface area contributed by atoms with E-state index in [-0.39, 0.29) is 0 Å². The molecule has 0 amide bonds. The third kappa shape index (κ3) is 3.42. The first-order valence-corrected chi connectivity index (χ1v) is 2.16. The Labute approximate surface area is 55.0 Å². The van der Waals surface area contributed by atoms with Crippen molar-refractivity contribution in [2.75, 3.05) is 6.61 Å². The van der Waals surface area contributed by atoms with Crippen LogP contribution in [0.2, 0.25) is 0 Å². The molecule has 0 aromatic carbocycles. The SMILES string of the molecule is O=C(O)OCC(=O)C(=O)O. The van der Waals surface area contributed by atoms with Gasteiger partial charge in [0, 0.05) is 0 Å². The van der Waals surface area contributed by atoms with Gasteiger partial charge in [-0.1, -0.05) is 0 Å². The fourth-order valence-corrected chi connectivity index (χ4v) is 0.189.